The zero-order valence-corrected chi connectivity index (χ0v) is 11.6. The van der Waals surface area contributed by atoms with Crippen LogP contribution in [0.5, 0.6) is 5.75 Å². The molecule has 6 nitrogen and oxygen atoms in total. The number of carboxylic acid groups (broad SMARTS) is 1. The summed E-state index contributed by atoms with van der Waals surface area (Å²) in [6, 6.07) is 8.52. The fraction of sp³-hybridized carbons (Fsp3) is 0.400. The Kier molecular flexibility index (Phi) is 4.13. The van der Waals surface area contributed by atoms with Crippen LogP contribution in [0.2, 0.25) is 0 Å². The lowest BCUT2D eigenvalue weighted by Crippen LogP contribution is -2.55. The van der Waals surface area contributed by atoms with Gasteiger partial charge in [-0.05, 0) is 37.8 Å². The second-order valence-corrected chi connectivity index (χ2v) is 5.23. The summed E-state index contributed by atoms with van der Waals surface area (Å²) in [7, 11) is 0. The number of hydrogen-bond donors (Lipinski definition) is 2. The number of carbonyl (C=O) groups excluding carboxylic acids is 1. The summed E-state index contributed by atoms with van der Waals surface area (Å²) in [5.41, 5.74) is -0.927. The van der Waals surface area contributed by atoms with Gasteiger partial charge in [0.2, 0.25) is 0 Å². The van der Waals surface area contributed by atoms with E-state index in [-0.39, 0.29) is 12.5 Å². The fourth-order valence-corrected chi connectivity index (χ4v) is 2.14. The molecule has 2 N–H and O–H groups in total. The van der Waals surface area contributed by atoms with Crippen LogP contribution in [0.15, 0.2) is 24.3 Å². The van der Waals surface area contributed by atoms with E-state index in [2.05, 4.69) is 5.32 Å². The standard InChI is InChI=1S/C15H16N2O4/c1-15(14(19)20,11-6-7-11)17-13(18)9-21-12-5-3-2-4-10(12)8-16/h2-5,11H,6-7,9H2,1H3,(H,17,18)(H,19,20). The largest absolute Gasteiger partial charge is 0.482 e. The first-order chi connectivity index (χ1) is 9.97. The number of para-hydroxylation sites is 1. The second-order valence-electron chi connectivity index (χ2n) is 5.23. The van der Waals surface area contributed by atoms with E-state index in [0.29, 0.717) is 11.3 Å². The molecule has 0 bridgehead atoms. The van der Waals surface area contributed by atoms with Crippen molar-refractivity contribution in [3.63, 3.8) is 0 Å². The Morgan fingerprint density at radius 3 is 2.71 bits per heavy atom. The molecule has 1 unspecified atom stereocenters. The number of nitrogens with zero attached hydrogens (tertiary/aromatic N) is 1. The number of hydrogen-bond acceptors (Lipinski definition) is 4. The van der Waals surface area contributed by atoms with Crippen molar-refractivity contribution in [2.75, 3.05) is 6.61 Å². The van der Waals surface area contributed by atoms with Gasteiger partial charge in [-0.15, -0.1) is 0 Å². The summed E-state index contributed by atoms with van der Waals surface area (Å²) < 4.78 is 5.29. The molecular formula is C15H16N2O4. The highest BCUT2D eigenvalue weighted by molar-refractivity contribution is 5.88. The number of carbonyl (C=O) groups is 2. The summed E-state index contributed by atoms with van der Waals surface area (Å²) in [6.45, 7) is 1.18. The molecular weight excluding hydrogens is 272 g/mol. The number of nitrogens with one attached hydrogen (secondary N) is 1. The van der Waals surface area contributed by atoms with Crippen LogP contribution >= 0.6 is 0 Å². The van der Waals surface area contributed by atoms with Gasteiger partial charge in [-0.2, -0.15) is 5.26 Å². The smallest absolute Gasteiger partial charge is 0.329 e. The highest BCUT2D eigenvalue weighted by Gasteiger charge is 2.48. The predicted molar refractivity (Wildman–Crippen MR) is 73.6 cm³/mol. The van der Waals surface area contributed by atoms with E-state index in [1.54, 1.807) is 24.3 Å². The van der Waals surface area contributed by atoms with Gasteiger partial charge in [-0.3, -0.25) is 4.79 Å². The van der Waals surface area contributed by atoms with Gasteiger partial charge in [0.15, 0.2) is 6.61 Å². The maximum Gasteiger partial charge on any atom is 0.329 e. The first kappa shape index (κ1) is 14.9. The number of aliphatic carboxylic acids is 1. The second kappa shape index (κ2) is 5.83. The Balaban J connectivity index is 1.96. The molecule has 1 aliphatic rings. The van der Waals surface area contributed by atoms with Crippen LogP contribution in [0, 0.1) is 17.2 Å². The van der Waals surface area contributed by atoms with Crippen molar-refractivity contribution in [3.05, 3.63) is 29.8 Å². The Hall–Kier alpha value is -2.55. The number of amides is 1. The average Bonchev–Trinajstić information content (AvgIpc) is 3.30. The van der Waals surface area contributed by atoms with E-state index < -0.39 is 17.4 Å². The zero-order valence-electron chi connectivity index (χ0n) is 11.6. The normalized spacial score (nSPS) is 16.4. The first-order valence-electron chi connectivity index (χ1n) is 6.63. The van der Waals surface area contributed by atoms with E-state index in [1.807, 2.05) is 6.07 Å². The molecule has 6 heteroatoms. The van der Waals surface area contributed by atoms with Gasteiger partial charge < -0.3 is 15.2 Å². The third-order valence-electron chi connectivity index (χ3n) is 3.60. The van der Waals surface area contributed by atoms with Crippen molar-refractivity contribution in [1.29, 1.82) is 5.26 Å². The van der Waals surface area contributed by atoms with Crippen LogP contribution < -0.4 is 10.1 Å². The number of nitriles is 1. The highest BCUT2D eigenvalue weighted by atomic mass is 16.5. The average molecular weight is 288 g/mol. The number of rotatable bonds is 6. The quantitative estimate of drug-likeness (QED) is 0.822. The molecule has 0 heterocycles. The summed E-state index contributed by atoms with van der Waals surface area (Å²) in [5.74, 6) is -1.29. The van der Waals surface area contributed by atoms with Crippen LogP contribution in [0.4, 0.5) is 0 Å². The Labute approximate surface area is 122 Å². The van der Waals surface area contributed by atoms with Gasteiger partial charge in [0.25, 0.3) is 5.91 Å². The van der Waals surface area contributed by atoms with Crippen LogP contribution in [0.25, 0.3) is 0 Å². The minimum absolute atomic E-state index is 0.0367. The van der Waals surface area contributed by atoms with Crippen molar-refractivity contribution in [1.82, 2.24) is 5.32 Å². The summed E-state index contributed by atoms with van der Waals surface area (Å²) in [4.78, 5) is 23.2. The Morgan fingerprint density at radius 1 is 1.48 bits per heavy atom. The molecule has 1 aromatic rings. The first-order valence-corrected chi connectivity index (χ1v) is 6.63. The molecule has 1 fully saturated rings. The molecule has 2 rings (SSSR count). The fourth-order valence-electron chi connectivity index (χ4n) is 2.14. The van der Waals surface area contributed by atoms with Crippen LogP contribution in [0.3, 0.4) is 0 Å². The number of benzene rings is 1. The predicted octanol–water partition coefficient (Wildman–Crippen LogP) is 1.31. The van der Waals surface area contributed by atoms with Crippen LogP contribution in [0.1, 0.15) is 25.3 Å². The molecule has 1 aromatic carbocycles. The van der Waals surface area contributed by atoms with Gasteiger partial charge in [-0.1, -0.05) is 12.1 Å². The number of carboxylic acids is 1. The van der Waals surface area contributed by atoms with Gasteiger partial charge in [-0.25, -0.2) is 4.79 Å². The monoisotopic (exact) mass is 288 g/mol. The lowest BCUT2D eigenvalue weighted by atomic mass is 9.96. The van der Waals surface area contributed by atoms with Gasteiger partial charge >= 0.3 is 5.97 Å². The summed E-state index contributed by atoms with van der Waals surface area (Å²) >= 11 is 0. The van der Waals surface area contributed by atoms with E-state index in [1.165, 1.54) is 6.92 Å². The maximum absolute atomic E-state index is 11.9. The van der Waals surface area contributed by atoms with Gasteiger partial charge in [0.1, 0.15) is 17.4 Å². The van der Waals surface area contributed by atoms with E-state index in [4.69, 9.17) is 10.00 Å². The van der Waals surface area contributed by atoms with Gasteiger partial charge in [0.05, 0.1) is 5.56 Å². The minimum atomic E-state index is -1.25. The van der Waals surface area contributed by atoms with Crippen molar-refractivity contribution in [2.45, 2.75) is 25.3 Å². The molecule has 1 amide bonds. The summed E-state index contributed by atoms with van der Waals surface area (Å²) in [6.07, 6.45) is 1.59. The highest BCUT2D eigenvalue weighted by Crippen LogP contribution is 2.39. The molecule has 0 aliphatic heterocycles. The van der Waals surface area contributed by atoms with Gasteiger partial charge in [0, 0.05) is 0 Å². The third kappa shape index (κ3) is 3.31. The molecule has 21 heavy (non-hydrogen) atoms. The lowest BCUT2D eigenvalue weighted by Gasteiger charge is -2.26. The molecule has 110 valence electrons. The molecule has 0 radical (unpaired) electrons. The van der Waals surface area contributed by atoms with E-state index >= 15 is 0 Å². The van der Waals surface area contributed by atoms with E-state index in [0.717, 1.165) is 12.8 Å². The molecule has 1 aliphatic carbocycles. The lowest BCUT2D eigenvalue weighted by molar-refractivity contribution is -0.148. The molecule has 0 spiro atoms. The molecule has 0 aromatic heterocycles. The molecule has 1 saturated carbocycles. The van der Waals surface area contributed by atoms with E-state index in [9.17, 15) is 14.7 Å². The number of ether oxygens (including phenoxy) is 1. The summed E-state index contributed by atoms with van der Waals surface area (Å²) in [5, 5.41) is 20.7. The Bertz CT molecular complexity index is 604. The van der Waals surface area contributed by atoms with Crippen molar-refractivity contribution in [3.8, 4) is 11.8 Å². The van der Waals surface area contributed by atoms with Crippen molar-refractivity contribution >= 4 is 11.9 Å². The molecule has 1 atom stereocenters. The van der Waals surface area contributed by atoms with Crippen LogP contribution in [-0.4, -0.2) is 29.1 Å². The van der Waals surface area contributed by atoms with Crippen molar-refractivity contribution in [2.24, 2.45) is 5.92 Å². The zero-order chi connectivity index (χ0) is 15.5. The SMILES string of the molecule is CC(NC(=O)COc1ccccc1C#N)(C(=O)O)C1CC1. The Morgan fingerprint density at radius 2 is 2.14 bits per heavy atom. The maximum atomic E-state index is 11.9. The molecule has 0 saturated heterocycles. The topological polar surface area (TPSA) is 99.4 Å². The van der Waals surface area contributed by atoms with Crippen molar-refractivity contribution < 1.29 is 19.4 Å². The minimum Gasteiger partial charge on any atom is -0.482 e. The van der Waals surface area contributed by atoms with Crippen LogP contribution in [-0.2, 0) is 9.59 Å². The third-order valence-corrected chi connectivity index (χ3v) is 3.60.